The van der Waals surface area contributed by atoms with Crippen LogP contribution in [0.1, 0.15) is 16.1 Å². The van der Waals surface area contributed by atoms with E-state index in [9.17, 15) is 14.0 Å². The summed E-state index contributed by atoms with van der Waals surface area (Å²) in [5.41, 5.74) is 0.336. The van der Waals surface area contributed by atoms with Crippen LogP contribution in [0.3, 0.4) is 0 Å². The van der Waals surface area contributed by atoms with Crippen LogP contribution in [-0.4, -0.2) is 22.6 Å². The molecule has 1 aromatic heterocycles. The number of hydrogen-bond donors (Lipinski definition) is 3. The fourth-order valence-electron chi connectivity index (χ4n) is 1.56. The van der Waals surface area contributed by atoms with Crippen LogP contribution in [0.25, 0.3) is 0 Å². The molecule has 18 heavy (non-hydrogen) atoms. The average molecular weight is 249 g/mol. The highest BCUT2D eigenvalue weighted by atomic mass is 19.1. The first kappa shape index (κ1) is 12.1. The molecule has 6 heteroatoms. The van der Waals surface area contributed by atoms with Gasteiger partial charge in [0.15, 0.2) is 0 Å². The van der Waals surface area contributed by atoms with Crippen molar-refractivity contribution in [3.05, 3.63) is 57.8 Å². The van der Waals surface area contributed by atoms with E-state index >= 15 is 0 Å². The van der Waals surface area contributed by atoms with Gasteiger partial charge in [-0.25, -0.2) is 4.39 Å². The molecule has 0 saturated heterocycles. The zero-order valence-corrected chi connectivity index (χ0v) is 9.50. The van der Waals surface area contributed by atoms with Crippen molar-refractivity contribution in [2.75, 3.05) is 6.54 Å². The topological polar surface area (TPSA) is 77.8 Å². The van der Waals surface area contributed by atoms with Crippen LogP contribution < -0.4 is 10.9 Å². The van der Waals surface area contributed by atoms with E-state index < -0.39 is 5.91 Å². The van der Waals surface area contributed by atoms with E-state index in [1.807, 2.05) is 0 Å². The molecule has 1 amide bonds. The summed E-state index contributed by atoms with van der Waals surface area (Å²) in [6.45, 7) is 0.299. The lowest BCUT2D eigenvalue weighted by molar-refractivity contribution is 0.0949. The molecular formula is C12H12FN3O2. The lowest BCUT2D eigenvalue weighted by Gasteiger charge is -2.04. The standard InChI is InChI=1S/C12H12FN3O2/c13-9-4-2-1-3-8(9)5-6-14-12(18)10-7-11(17)16-15-10/h1-4,7H,5-6H2,(H,14,18)(H2,15,16,17). The third-order valence-corrected chi connectivity index (χ3v) is 2.48. The number of H-pyrrole nitrogens is 2. The molecule has 5 nitrogen and oxygen atoms in total. The summed E-state index contributed by atoms with van der Waals surface area (Å²) in [7, 11) is 0. The van der Waals surface area contributed by atoms with Gasteiger partial charge in [0.1, 0.15) is 11.5 Å². The molecule has 1 aromatic carbocycles. The van der Waals surface area contributed by atoms with Crippen molar-refractivity contribution in [3.8, 4) is 0 Å². The molecule has 0 saturated carbocycles. The lowest BCUT2D eigenvalue weighted by atomic mass is 10.1. The molecule has 2 aromatic rings. The second-order valence-electron chi connectivity index (χ2n) is 3.77. The molecular weight excluding hydrogens is 237 g/mol. The summed E-state index contributed by atoms with van der Waals surface area (Å²) < 4.78 is 13.3. The maximum Gasteiger partial charge on any atom is 0.269 e. The van der Waals surface area contributed by atoms with Gasteiger partial charge >= 0.3 is 0 Å². The predicted octanol–water partition coefficient (Wildman–Crippen LogP) is 0.815. The van der Waals surface area contributed by atoms with Gasteiger partial charge < -0.3 is 5.32 Å². The van der Waals surface area contributed by atoms with E-state index in [0.717, 1.165) is 0 Å². The Morgan fingerprint density at radius 3 is 2.72 bits per heavy atom. The van der Waals surface area contributed by atoms with Gasteiger partial charge in [-0.3, -0.25) is 19.8 Å². The highest BCUT2D eigenvalue weighted by Gasteiger charge is 2.07. The van der Waals surface area contributed by atoms with Gasteiger partial charge in [0.05, 0.1) is 0 Å². The molecule has 0 atom stereocenters. The van der Waals surface area contributed by atoms with Crippen molar-refractivity contribution >= 4 is 5.91 Å². The monoisotopic (exact) mass is 249 g/mol. The van der Waals surface area contributed by atoms with Crippen molar-refractivity contribution in [1.82, 2.24) is 15.5 Å². The summed E-state index contributed by atoms with van der Waals surface area (Å²) in [5.74, 6) is -0.688. The number of amides is 1. The Bertz CT molecular complexity index is 603. The number of aromatic amines is 2. The van der Waals surface area contributed by atoms with E-state index in [4.69, 9.17) is 0 Å². The number of carbonyl (C=O) groups excluding carboxylic acids is 1. The van der Waals surface area contributed by atoms with Gasteiger partial charge in [-0.05, 0) is 18.1 Å². The van der Waals surface area contributed by atoms with Crippen LogP contribution in [0.4, 0.5) is 4.39 Å². The Hall–Kier alpha value is -2.37. The van der Waals surface area contributed by atoms with Crippen LogP contribution >= 0.6 is 0 Å². The third kappa shape index (κ3) is 2.85. The van der Waals surface area contributed by atoms with Gasteiger partial charge in [0.2, 0.25) is 0 Å². The van der Waals surface area contributed by atoms with Gasteiger partial charge in [0.25, 0.3) is 11.5 Å². The fourth-order valence-corrected chi connectivity index (χ4v) is 1.56. The summed E-state index contributed by atoms with van der Waals surface area (Å²) in [4.78, 5) is 22.4. The van der Waals surface area contributed by atoms with Gasteiger partial charge in [0, 0.05) is 12.6 Å². The van der Waals surface area contributed by atoms with Crippen molar-refractivity contribution in [2.24, 2.45) is 0 Å². The Labute approximate surface area is 102 Å². The van der Waals surface area contributed by atoms with Gasteiger partial charge in [-0.2, -0.15) is 0 Å². The summed E-state index contributed by atoms with van der Waals surface area (Å²) >= 11 is 0. The highest BCUT2D eigenvalue weighted by molar-refractivity contribution is 5.92. The van der Waals surface area contributed by atoms with E-state index in [0.29, 0.717) is 18.5 Å². The molecule has 0 aliphatic carbocycles. The van der Waals surface area contributed by atoms with Crippen molar-refractivity contribution in [1.29, 1.82) is 0 Å². The molecule has 94 valence electrons. The minimum Gasteiger partial charge on any atom is -0.350 e. The third-order valence-electron chi connectivity index (χ3n) is 2.48. The molecule has 0 unspecified atom stereocenters. The van der Waals surface area contributed by atoms with Crippen molar-refractivity contribution < 1.29 is 9.18 Å². The molecule has 0 aliphatic heterocycles. The number of aromatic nitrogens is 2. The number of hydrogen-bond acceptors (Lipinski definition) is 2. The number of nitrogens with one attached hydrogen (secondary N) is 3. The first-order valence-electron chi connectivity index (χ1n) is 5.46. The highest BCUT2D eigenvalue weighted by Crippen LogP contribution is 2.06. The van der Waals surface area contributed by atoms with E-state index in [1.165, 1.54) is 12.1 Å². The number of rotatable bonds is 4. The van der Waals surface area contributed by atoms with E-state index in [1.54, 1.807) is 18.2 Å². The Morgan fingerprint density at radius 2 is 2.06 bits per heavy atom. The SMILES string of the molecule is O=C(NCCc1ccccc1F)c1cc(=O)[nH][nH]1. The Balaban J connectivity index is 1.88. The average Bonchev–Trinajstić information content (AvgIpc) is 2.78. The van der Waals surface area contributed by atoms with Crippen molar-refractivity contribution in [3.63, 3.8) is 0 Å². The molecule has 0 spiro atoms. The molecule has 0 bridgehead atoms. The minimum absolute atomic E-state index is 0.161. The van der Waals surface area contributed by atoms with E-state index in [2.05, 4.69) is 15.5 Å². The molecule has 3 N–H and O–H groups in total. The number of benzene rings is 1. The first-order chi connectivity index (χ1) is 8.66. The van der Waals surface area contributed by atoms with Crippen molar-refractivity contribution in [2.45, 2.75) is 6.42 Å². The Kier molecular flexibility index (Phi) is 3.57. The summed E-state index contributed by atoms with van der Waals surface area (Å²) in [5, 5.41) is 7.30. The smallest absolute Gasteiger partial charge is 0.269 e. The summed E-state index contributed by atoms with van der Waals surface area (Å²) in [6.07, 6.45) is 0.396. The zero-order chi connectivity index (χ0) is 13.0. The largest absolute Gasteiger partial charge is 0.350 e. The van der Waals surface area contributed by atoms with E-state index in [-0.39, 0.29) is 17.1 Å². The predicted molar refractivity (Wildman–Crippen MR) is 63.9 cm³/mol. The maximum absolute atomic E-state index is 13.3. The Morgan fingerprint density at radius 1 is 1.28 bits per heavy atom. The van der Waals surface area contributed by atoms with Crippen LogP contribution in [0.5, 0.6) is 0 Å². The molecule has 0 radical (unpaired) electrons. The van der Waals surface area contributed by atoms with Crippen LogP contribution in [0.15, 0.2) is 35.1 Å². The number of carbonyl (C=O) groups is 1. The number of halogens is 1. The van der Waals surface area contributed by atoms with Gasteiger partial charge in [-0.15, -0.1) is 0 Å². The normalized spacial score (nSPS) is 10.3. The second kappa shape index (κ2) is 5.31. The van der Waals surface area contributed by atoms with Crippen LogP contribution in [0, 0.1) is 5.82 Å². The molecule has 2 rings (SSSR count). The minimum atomic E-state index is -0.398. The fraction of sp³-hybridized carbons (Fsp3) is 0.167. The maximum atomic E-state index is 13.3. The zero-order valence-electron chi connectivity index (χ0n) is 9.50. The molecule has 1 heterocycles. The molecule has 0 fully saturated rings. The van der Waals surface area contributed by atoms with Gasteiger partial charge in [-0.1, -0.05) is 18.2 Å². The molecule has 0 aliphatic rings. The second-order valence-corrected chi connectivity index (χ2v) is 3.77. The van der Waals surface area contributed by atoms with Crippen LogP contribution in [0.2, 0.25) is 0 Å². The van der Waals surface area contributed by atoms with Crippen LogP contribution in [-0.2, 0) is 6.42 Å². The quantitative estimate of drug-likeness (QED) is 0.750. The lowest BCUT2D eigenvalue weighted by Crippen LogP contribution is -2.26. The summed E-state index contributed by atoms with van der Waals surface area (Å²) in [6, 6.07) is 7.56. The first-order valence-corrected chi connectivity index (χ1v) is 5.46.